The predicted molar refractivity (Wildman–Crippen MR) is 93.3 cm³/mol. The first-order valence-corrected chi connectivity index (χ1v) is 7.84. The number of hydrogen-bond donors (Lipinski definition) is 2. The summed E-state index contributed by atoms with van der Waals surface area (Å²) in [5.74, 6) is 0.909. The number of carbonyl (C=O) groups is 1. The molecule has 0 spiro atoms. The molecule has 130 valence electrons. The van der Waals surface area contributed by atoms with Crippen LogP contribution in [0.2, 0.25) is 0 Å². The topological polar surface area (TPSA) is 59.6 Å². The number of piperidine rings is 1. The minimum absolute atomic E-state index is 0. The standard InChI is InChI=1S/C17H26N2O3.ClH/c1-14-4-3-5-15(12-14)22-11-10-19-16(20)17(13-21-2)6-8-18-9-7-17;/h3-5,12,18H,6-11,13H2,1-2H3,(H,19,20);1H. The van der Waals surface area contributed by atoms with Crippen LogP contribution < -0.4 is 15.4 Å². The first-order chi connectivity index (χ1) is 10.7. The van der Waals surface area contributed by atoms with Gasteiger partial charge in [0.05, 0.1) is 18.6 Å². The van der Waals surface area contributed by atoms with Gasteiger partial charge in [-0.3, -0.25) is 4.79 Å². The van der Waals surface area contributed by atoms with Crippen molar-refractivity contribution in [2.45, 2.75) is 19.8 Å². The Kier molecular flexibility index (Phi) is 8.37. The molecule has 5 nitrogen and oxygen atoms in total. The summed E-state index contributed by atoms with van der Waals surface area (Å²) in [5, 5.41) is 6.28. The summed E-state index contributed by atoms with van der Waals surface area (Å²) in [7, 11) is 1.65. The fourth-order valence-electron chi connectivity index (χ4n) is 2.84. The number of aryl methyl sites for hydroxylation is 1. The zero-order valence-electron chi connectivity index (χ0n) is 13.9. The molecule has 0 unspecified atom stereocenters. The molecule has 0 aliphatic carbocycles. The van der Waals surface area contributed by atoms with Gasteiger partial charge in [-0.1, -0.05) is 12.1 Å². The SMILES string of the molecule is COCC1(C(=O)NCCOc2cccc(C)c2)CCNCC1.Cl. The van der Waals surface area contributed by atoms with E-state index in [-0.39, 0.29) is 18.3 Å². The molecule has 1 aliphatic rings. The lowest BCUT2D eigenvalue weighted by molar-refractivity contribution is -0.136. The number of benzene rings is 1. The van der Waals surface area contributed by atoms with Gasteiger partial charge in [0.15, 0.2) is 0 Å². The number of nitrogens with one attached hydrogen (secondary N) is 2. The third-order valence-corrected chi connectivity index (χ3v) is 4.11. The molecule has 1 heterocycles. The van der Waals surface area contributed by atoms with E-state index in [2.05, 4.69) is 10.6 Å². The molecule has 6 heteroatoms. The Hall–Kier alpha value is -1.30. The Morgan fingerprint density at radius 3 is 2.74 bits per heavy atom. The Morgan fingerprint density at radius 2 is 2.09 bits per heavy atom. The van der Waals surface area contributed by atoms with Gasteiger partial charge in [-0.15, -0.1) is 12.4 Å². The lowest BCUT2D eigenvalue weighted by Crippen LogP contribution is -2.50. The van der Waals surface area contributed by atoms with Crippen LogP contribution in [-0.4, -0.2) is 45.9 Å². The van der Waals surface area contributed by atoms with E-state index in [0.29, 0.717) is 19.8 Å². The lowest BCUT2D eigenvalue weighted by atomic mass is 9.78. The Labute approximate surface area is 144 Å². The highest BCUT2D eigenvalue weighted by molar-refractivity contribution is 5.85. The largest absolute Gasteiger partial charge is 0.492 e. The molecule has 1 aromatic rings. The summed E-state index contributed by atoms with van der Waals surface area (Å²) in [5.41, 5.74) is 0.763. The van der Waals surface area contributed by atoms with Crippen molar-refractivity contribution in [3.05, 3.63) is 29.8 Å². The van der Waals surface area contributed by atoms with Crippen LogP contribution in [0.4, 0.5) is 0 Å². The van der Waals surface area contributed by atoms with Crippen LogP contribution in [-0.2, 0) is 9.53 Å². The number of halogens is 1. The van der Waals surface area contributed by atoms with Crippen LogP contribution in [0.1, 0.15) is 18.4 Å². The number of ether oxygens (including phenoxy) is 2. The summed E-state index contributed by atoms with van der Waals surface area (Å²) < 4.78 is 10.9. The second-order valence-corrected chi connectivity index (χ2v) is 5.88. The molecule has 0 radical (unpaired) electrons. The molecule has 0 bridgehead atoms. The van der Waals surface area contributed by atoms with Gasteiger partial charge in [0.25, 0.3) is 0 Å². The number of rotatable bonds is 7. The summed E-state index contributed by atoms with van der Waals surface area (Å²) in [4.78, 5) is 12.5. The normalized spacial score (nSPS) is 16.3. The van der Waals surface area contributed by atoms with Crippen molar-refractivity contribution < 1.29 is 14.3 Å². The fourth-order valence-corrected chi connectivity index (χ4v) is 2.84. The van der Waals surface area contributed by atoms with Crippen molar-refractivity contribution in [2.75, 3.05) is 40.0 Å². The van der Waals surface area contributed by atoms with E-state index in [4.69, 9.17) is 9.47 Å². The number of hydrogen-bond acceptors (Lipinski definition) is 4. The van der Waals surface area contributed by atoms with Crippen molar-refractivity contribution in [1.29, 1.82) is 0 Å². The van der Waals surface area contributed by atoms with Gasteiger partial charge in [-0.25, -0.2) is 0 Å². The minimum atomic E-state index is -0.399. The molecule has 1 saturated heterocycles. The smallest absolute Gasteiger partial charge is 0.228 e. The third-order valence-electron chi connectivity index (χ3n) is 4.11. The molecular formula is C17H27ClN2O3. The molecule has 23 heavy (non-hydrogen) atoms. The summed E-state index contributed by atoms with van der Waals surface area (Å²) in [6.07, 6.45) is 1.62. The van der Waals surface area contributed by atoms with Crippen LogP contribution in [0.25, 0.3) is 0 Å². The maximum absolute atomic E-state index is 12.5. The average Bonchev–Trinajstić information content (AvgIpc) is 2.52. The van der Waals surface area contributed by atoms with Crippen molar-refractivity contribution in [3.8, 4) is 5.75 Å². The monoisotopic (exact) mass is 342 g/mol. The van der Waals surface area contributed by atoms with Crippen molar-refractivity contribution in [1.82, 2.24) is 10.6 Å². The Bertz CT molecular complexity index is 485. The highest BCUT2D eigenvalue weighted by Gasteiger charge is 2.39. The maximum Gasteiger partial charge on any atom is 0.228 e. The highest BCUT2D eigenvalue weighted by Crippen LogP contribution is 2.29. The van der Waals surface area contributed by atoms with Crippen LogP contribution >= 0.6 is 12.4 Å². The third kappa shape index (κ3) is 5.68. The first-order valence-electron chi connectivity index (χ1n) is 7.84. The van der Waals surface area contributed by atoms with Crippen molar-refractivity contribution in [2.24, 2.45) is 5.41 Å². The van der Waals surface area contributed by atoms with Crippen molar-refractivity contribution >= 4 is 18.3 Å². The van der Waals surface area contributed by atoms with Crippen LogP contribution in [0.3, 0.4) is 0 Å². The molecule has 1 fully saturated rings. The highest BCUT2D eigenvalue weighted by atomic mass is 35.5. The molecule has 1 amide bonds. The van der Waals surface area contributed by atoms with Gasteiger partial charge in [0.1, 0.15) is 12.4 Å². The van der Waals surface area contributed by atoms with Gasteiger partial charge >= 0.3 is 0 Å². The van der Waals surface area contributed by atoms with E-state index in [9.17, 15) is 4.79 Å². The van der Waals surface area contributed by atoms with Gasteiger partial charge in [0, 0.05) is 7.11 Å². The Balaban J connectivity index is 0.00000264. The summed E-state index contributed by atoms with van der Waals surface area (Å²) in [6.45, 7) is 5.19. The van der Waals surface area contributed by atoms with Gasteiger partial charge in [-0.2, -0.15) is 0 Å². The van der Waals surface area contributed by atoms with E-state index in [1.165, 1.54) is 0 Å². The van der Waals surface area contributed by atoms with Crippen LogP contribution in [0.5, 0.6) is 5.75 Å². The number of carbonyl (C=O) groups excluding carboxylic acids is 1. The average molecular weight is 343 g/mol. The summed E-state index contributed by atoms with van der Waals surface area (Å²) >= 11 is 0. The second-order valence-electron chi connectivity index (χ2n) is 5.88. The van der Waals surface area contributed by atoms with E-state index >= 15 is 0 Å². The molecule has 2 N–H and O–H groups in total. The number of methoxy groups -OCH3 is 1. The van der Waals surface area contributed by atoms with E-state index in [1.54, 1.807) is 7.11 Å². The van der Waals surface area contributed by atoms with Gasteiger partial charge < -0.3 is 20.1 Å². The molecule has 0 saturated carbocycles. The molecule has 1 aromatic carbocycles. The molecule has 1 aliphatic heterocycles. The van der Waals surface area contributed by atoms with E-state index in [1.807, 2.05) is 31.2 Å². The zero-order valence-corrected chi connectivity index (χ0v) is 14.7. The van der Waals surface area contributed by atoms with Gasteiger partial charge in [0.2, 0.25) is 5.91 Å². The Morgan fingerprint density at radius 1 is 1.35 bits per heavy atom. The molecule has 0 aromatic heterocycles. The second kappa shape index (κ2) is 9.75. The molecule has 0 atom stereocenters. The van der Waals surface area contributed by atoms with E-state index < -0.39 is 5.41 Å². The molecular weight excluding hydrogens is 316 g/mol. The van der Waals surface area contributed by atoms with E-state index in [0.717, 1.165) is 37.2 Å². The maximum atomic E-state index is 12.5. The quantitative estimate of drug-likeness (QED) is 0.743. The number of amides is 1. The molecule has 2 rings (SSSR count). The predicted octanol–water partition coefficient (Wildman–Crippen LogP) is 1.93. The van der Waals surface area contributed by atoms with Crippen LogP contribution in [0, 0.1) is 12.3 Å². The van der Waals surface area contributed by atoms with Crippen LogP contribution in [0.15, 0.2) is 24.3 Å². The van der Waals surface area contributed by atoms with Crippen molar-refractivity contribution in [3.63, 3.8) is 0 Å². The zero-order chi connectivity index (χ0) is 15.8. The first kappa shape index (κ1) is 19.7. The minimum Gasteiger partial charge on any atom is -0.492 e. The fraction of sp³-hybridized carbons (Fsp3) is 0.588. The summed E-state index contributed by atoms with van der Waals surface area (Å²) in [6, 6.07) is 7.90. The van der Waals surface area contributed by atoms with Gasteiger partial charge in [-0.05, 0) is 50.6 Å². The lowest BCUT2D eigenvalue weighted by Gasteiger charge is -2.35.